The van der Waals surface area contributed by atoms with E-state index in [1.165, 1.54) is 0 Å². The Morgan fingerprint density at radius 1 is 1.44 bits per heavy atom. The quantitative estimate of drug-likeness (QED) is 0.819. The van der Waals surface area contributed by atoms with E-state index >= 15 is 0 Å². The van der Waals surface area contributed by atoms with Crippen LogP contribution in [0.15, 0.2) is 22.7 Å². The van der Waals surface area contributed by atoms with Gasteiger partial charge >= 0.3 is 0 Å². The van der Waals surface area contributed by atoms with Crippen LogP contribution in [0.5, 0.6) is 5.75 Å². The Labute approximate surface area is 114 Å². The van der Waals surface area contributed by atoms with Crippen molar-refractivity contribution >= 4 is 22.2 Å². The van der Waals surface area contributed by atoms with E-state index in [2.05, 4.69) is 20.9 Å². The van der Waals surface area contributed by atoms with Gasteiger partial charge in [-0.3, -0.25) is 4.79 Å². The number of methoxy groups -OCH3 is 1. The number of hydrogen-bond acceptors (Lipinski definition) is 3. The topological polar surface area (TPSA) is 44.1 Å². The van der Waals surface area contributed by atoms with E-state index in [9.17, 15) is 4.79 Å². The molecule has 0 aliphatic heterocycles. The van der Waals surface area contributed by atoms with Crippen LogP contribution in [0.1, 0.15) is 16.3 Å². The van der Waals surface area contributed by atoms with E-state index in [0.29, 0.717) is 5.69 Å². The van der Waals surface area contributed by atoms with Crippen LogP contribution in [0.25, 0.3) is 11.3 Å². The molecule has 1 heterocycles. The Bertz CT molecular complexity index is 605. The summed E-state index contributed by atoms with van der Waals surface area (Å²) < 4.78 is 7.94. The molecule has 0 saturated carbocycles. The summed E-state index contributed by atoms with van der Waals surface area (Å²) in [7, 11) is 3.51. The number of benzene rings is 1. The summed E-state index contributed by atoms with van der Waals surface area (Å²) in [5, 5.41) is 0. The summed E-state index contributed by atoms with van der Waals surface area (Å²) in [5.41, 5.74) is 2.19. The number of hydrogen-bond donors (Lipinski definition) is 0. The lowest BCUT2D eigenvalue weighted by Gasteiger charge is -2.08. The molecule has 0 radical (unpaired) electrons. The van der Waals surface area contributed by atoms with Gasteiger partial charge in [0.25, 0.3) is 0 Å². The van der Waals surface area contributed by atoms with E-state index in [-0.39, 0.29) is 0 Å². The van der Waals surface area contributed by atoms with Gasteiger partial charge in [-0.25, -0.2) is 4.98 Å². The molecule has 0 bridgehead atoms. The van der Waals surface area contributed by atoms with Crippen molar-refractivity contribution in [3.05, 3.63) is 34.2 Å². The Morgan fingerprint density at radius 3 is 2.72 bits per heavy atom. The second-order valence-electron chi connectivity index (χ2n) is 3.92. The maximum atomic E-state index is 11.1. The molecule has 0 spiro atoms. The molecule has 0 aliphatic carbocycles. The van der Waals surface area contributed by atoms with E-state index in [1.54, 1.807) is 7.11 Å². The molecule has 0 atom stereocenters. The van der Waals surface area contributed by atoms with Crippen LogP contribution < -0.4 is 4.74 Å². The average molecular weight is 309 g/mol. The van der Waals surface area contributed by atoms with Gasteiger partial charge in [-0.1, -0.05) is 0 Å². The fourth-order valence-corrected chi connectivity index (χ4v) is 2.41. The van der Waals surface area contributed by atoms with Crippen LogP contribution in [0, 0.1) is 6.92 Å². The highest BCUT2D eigenvalue weighted by molar-refractivity contribution is 9.10. The second kappa shape index (κ2) is 4.94. The van der Waals surface area contributed by atoms with Gasteiger partial charge in [0.1, 0.15) is 17.3 Å². The van der Waals surface area contributed by atoms with Crippen LogP contribution in [0.2, 0.25) is 0 Å². The molecule has 1 aromatic carbocycles. The molecule has 0 fully saturated rings. The Kier molecular flexibility index (Phi) is 3.52. The summed E-state index contributed by atoms with van der Waals surface area (Å²) in [4.78, 5) is 15.3. The van der Waals surface area contributed by atoms with Gasteiger partial charge in [0, 0.05) is 12.6 Å². The van der Waals surface area contributed by atoms with Crippen molar-refractivity contribution in [1.82, 2.24) is 9.55 Å². The number of ether oxygens (including phenoxy) is 1. The first-order valence-corrected chi connectivity index (χ1v) is 6.20. The summed E-state index contributed by atoms with van der Waals surface area (Å²) >= 11 is 3.44. The van der Waals surface area contributed by atoms with Crippen molar-refractivity contribution in [3.8, 4) is 17.0 Å². The van der Waals surface area contributed by atoms with Crippen molar-refractivity contribution in [3.63, 3.8) is 0 Å². The predicted octanol–water partition coefficient (Wildman–Crippen LogP) is 2.98. The van der Waals surface area contributed by atoms with Gasteiger partial charge in [0.2, 0.25) is 0 Å². The third kappa shape index (κ3) is 2.06. The van der Waals surface area contributed by atoms with Gasteiger partial charge < -0.3 is 9.30 Å². The number of aldehydes is 1. The minimum absolute atomic E-state index is 0.451. The van der Waals surface area contributed by atoms with Crippen LogP contribution in [-0.4, -0.2) is 22.9 Å². The minimum atomic E-state index is 0.451. The van der Waals surface area contributed by atoms with Crippen molar-refractivity contribution in [2.24, 2.45) is 7.05 Å². The third-order valence-electron chi connectivity index (χ3n) is 2.88. The smallest absolute Gasteiger partial charge is 0.170 e. The van der Waals surface area contributed by atoms with E-state index in [1.807, 2.05) is 36.7 Å². The molecule has 0 N–H and O–H groups in total. The molecule has 0 unspecified atom stereocenters. The molecule has 0 saturated heterocycles. The first-order chi connectivity index (χ1) is 8.58. The number of aromatic nitrogens is 2. The summed E-state index contributed by atoms with van der Waals surface area (Å²) in [6.07, 6.45) is 0.778. The average Bonchev–Trinajstić information content (AvgIpc) is 2.65. The van der Waals surface area contributed by atoms with Gasteiger partial charge in [-0.05, 0) is 41.1 Å². The largest absolute Gasteiger partial charge is 0.496 e. The number of halogens is 1. The maximum Gasteiger partial charge on any atom is 0.170 e. The number of carbonyl (C=O) groups is 1. The Balaban J connectivity index is 2.61. The number of nitrogens with zero attached hydrogens (tertiary/aromatic N) is 2. The highest BCUT2D eigenvalue weighted by atomic mass is 79.9. The number of aryl methyl sites for hydroxylation is 1. The third-order valence-corrected chi connectivity index (χ3v) is 3.50. The fraction of sp³-hybridized carbons (Fsp3) is 0.231. The van der Waals surface area contributed by atoms with E-state index in [4.69, 9.17) is 4.74 Å². The van der Waals surface area contributed by atoms with Crippen molar-refractivity contribution < 1.29 is 9.53 Å². The predicted molar refractivity (Wildman–Crippen MR) is 73.0 cm³/mol. The summed E-state index contributed by atoms with van der Waals surface area (Å²) in [6.45, 7) is 1.87. The highest BCUT2D eigenvalue weighted by Crippen LogP contribution is 2.31. The molecule has 2 aromatic rings. The zero-order chi connectivity index (χ0) is 13.3. The van der Waals surface area contributed by atoms with Crippen LogP contribution in [0.3, 0.4) is 0 Å². The molecule has 1 aromatic heterocycles. The zero-order valence-corrected chi connectivity index (χ0v) is 12.0. The Hall–Kier alpha value is -1.62. The normalized spacial score (nSPS) is 10.4. The molecule has 4 nitrogen and oxygen atoms in total. The van der Waals surface area contributed by atoms with Gasteiger partial charge in [-0.2, -0.15) is 0 Å². The molecule has 2 rings (SSSR count). The van der Waals surface area contributed by atoms with Crippen molar-refractivity contribution in [2.45, 2.75) is 6.92 Å². The Morgan fingerprint density at radius 2 is 2.17 bits per heavy atom. The maximum absolute atomic E-state index is 11.1. The van der Waals surface area contributed by atoms with Crippen LogP contribution >= 0.6 is 15.9 Å². The van der Waals surface area contributed by atoms with Crippen molar-refractivity contribution in [1.29, 1.82) is 0 Å². The lowest BCUT2D eigenvalue weighted by Crippen LogP contribution is -1.96. The van der Waals surface area contributed by atoms with Crippen LogP contribution in [0.4, 0.5) is 0 Å². The number of imidazole rings is 1. The van der Waals surface area contributed by atoms with E-state index < -0.39 is 0 Å². The van der Waals surface area contributed by atoms with Gasteiger partial charge in [0.15, 0.2) is 6.29 Å². The molecular formula is C13H13BrN2O2. The van der Waals surface area contributed by atoms with Crippen LogP contribution in [-0.2, 0) is 7.05 Å². The minimum Gasteiger partial charge on any atom is -0.496 e. The summed E-state index contributed by atoms with van der Waals surface area (Å²) in [6, 6.07) is 5.69. The number of carbonyl (C=O) groups excluding carboxylic acids is 1. The lowest BCUT2D eigenvalue weighted by atomic mass is 10.1. The van der Waals surface area contributed by atoms with Gasteiger partial charge in [-0.15, -0.1) is 0 Å². The molecule has 18 heavy (non-hydrogen) atoms. The highest BCUT2D eigenvalue weighted by Gasteiger charge is 2.14. The molecule has 0 aliphatic rings. The van der Waals surface area contributed by atoms with E-state index in [0.717, 1.165) is 33.6 Å². The number of rotatable bonds is 3. The SMILES string of the molecule is COc1ccc(-c2c(C=O)nc(C)n2C)cc1Br. The first-order valence-electron chi connectivity index (χ1n) is 5.41. The molecule has 5 heteroatoms. The monoisotopic (exact) mass is 308 g/mol. The summed E-state index contributed by atoms with van der Waals surface area (Å²) in [5.74, 6) is 1.56. The van der Waals surface area contributed by atoms with Crippen molar-refractivity contribution in [2.75, 3.05) is 7.11 Å². The second-order valence-corrected chi connectivity index (χ2v) is 4.77. The fourth-order valence-electron chi connectivity index (χ4n) is 1.87. The lowest BCUT2D eigenvalue weighted by molar-refractivity contribution is 0.112. The first kappa shape index (κ1) is 12.8. The van der Waals surface area contributed by atoms with Gasteiger partial charge in [0.05, 0.1) is 17.3 Å². The molecule has 0 amide bonds. The molecule has 94 valence electrons. The standard InChI is InChI=1S/C13H13BrN2O2/c1-8-15-11(7-17)13(16(8)2)9-4-5-12(18-3)10(14)6-9/h4-7H,1-3H3. The zero-order valence-electron chi connectivity index (χ0n) is 10.4. The molecular weight excluding hydrogens is 296 g/mol.